The van der Waals surface area contributed by atoms with E-state index in [0.717, 1.165) is 18.6 Å². The molecule has 0 spiro atoms. The molecule has 0 bridgehead atoms. The van der Waals surface area contributed by atoms with Crippen LogP contribution in [0.2, 0.25) is 0 Å². The molecule has 1 aromatic rings. The Morgan fingerprint density at radius 3 is 2.31 bits per heavy atom. The van der Waals surface area contributed by atoms with Gasteiger partial charge in [-0.2, -0.15) is 0 Å². The van der Waals surface area contributed by atoms with Crippen LogP contribution in [0, 0.1) is 0 Å². The van der Waals surface area contributed by atoms with Gasteiger partial charge in [-0.25, -0.2) is 18.4 Å². The molecule has 2 saturated heterocycles. The minimum atomic E-state index is -2.70. The van der Waals surface area contributed by atoms with Gasteiger partial charge in [-0.05, 0) is 19.3 Å². The van der Waals surface area contributed by atoms with Crippen LogP contribution in [0.5, 0.6) is 0 Å². The van der Waals surface area contributed by atoms with E-state index in [1.807, 2.05) is 20.8 Å². The highest BCUT2D eigenvalue weighted by molar-refractivity contribution is 5.83. The first-order valence-corrected chi connectivity index (χ1v) is 9.79. The molecule has 3 heterocycles. The zero-order valence-electron chi connectivity index (χ0n) is 17.2. The molecule has 2 fully saturated rings. The number of hydrogen-bond acceptors (Lipinski definition) is 5. The number of hydrogen-bond donors (Lipinski definition) is 2. The highest BCUT2D eigenvalue weighted by Crippen LogP contribution is 2.29. The fourth-order valence-electron chi connectivity index (χ4n) is 3.27. The smallest absolute Gasteiger partial charge is 0.326 e. The number of halogens is 2. The van der Waals surface area contributed by atoms with E-state index in [1.165, 1.54) is 9.80 Å². The molecule has 3 rings (SSSR count). The van der Waals surface area contributed by atoms with Crippen molar-refractivity contribution in [3.8, 4) is 0 Å². The van der Waals surface area contributed by atoms with Crippen molar-refractivity contribution in [3.63, 3.8) is 0 Å². The average Bonchev–Trinajstić information content (AvgIpc) is 3.08. The molecule has 29 heavy (non-hydrogen) atoms. The molecule has 1 aromatic heterocycles. The van der Waals surface area contributed by atoms with Crippen LogP contribution in [-0.4, -0.2) is 63.7 Å². The number of carbonyl (C=O) groups excluding carboxylic acids is 1. The van der Waals surface area contributed by atoms with Crippen LogP contribution in [-0.2, 0) is 10.2 Å². The summed E-state index contributed by atoms with van der Waals surface area (Å²) in [6, 6.07) is 0.520. The van der Waals surface area contributed by atoms with Gasteiger partial charge < -0.3 is 25.2 Å². The van der Waals surface area contributed by atoms with Crippen LogP contribution in [0.3, 0.4) is 0 Å². The third kappa shape index (κ3) is 6.30. The van der Waals surface area contributed by atoms with Crippen molar-refractivity contribution in [1.82, 2.24) is 15.0 Å². The van der Waals surface area contributed by atoms with Crippen molar-refractivity contribution in [2.24, 2.45) is 0 Å². The summed E-state index contributed by atoms with van der Waals surface area (Å²) >= 11 is 0. The van der Waals surface area contributed by atoms with Crippen LogP contribution in [0.1, 0.15) is 58.6 Å². The van der Waals surface area contributed by atoms with Gasteiger partial charge in [-0.15, -0.1) is 0 Å². The summed E-state index contributed by atoms with van der Waals surface area (Å²) < 4.78 is 31.0. The molecule has 2 amide bonds. The second-order valence-corrected chi connectivity index (χ2v) is 8.53. The molecule has 164 valence electrons. The normalized spacial score (nSPS) is 21.9. The Hall–Kier alpha value is -2.39. The van der Waals surface area contributed by atoms with Crippen molar-refractivity contribution in [1.29, 1.82) is 0 Å². The molecule has 2 aliphatic heterocycles. The number of nitrogen functional groups attached to an aromatic ring is 1. The molecule has 0 unspecified atom stereocenters. The lowest BCUT2D eigenvalue weighted by molar-refractivity contribution is -0.143. The van der Waals surface area contributed by atoms with Crippen LogP contribution in [0.4, 0.5) is 19.4 Å². The van der Waals surface area contributed by atoms with Crippen LogP contribution >= 0.6 is 0 Å². The third-order valence-electron chi connectivity index (χ3n) is 5.07. The molecular formula is C19H30F2N4O4. The Kier molecular flexibility index (Phi) is 7.07. The second kappa shape index (κ2) is 8.96. The molecular weight excluding hydrogens is 386 g/mol. The lowest BCUT2D eigenvalue weighted by Crippen LogP contribution is -2.55. The Bertz CT molecular complexity index is 707. The molecule has 1 atom stereocenters. The Balaban J connectivity index is 0.000000253. The Morgan fingerprint density at radius 2 is 1.86 bits per heavy atom. The number of carboxylic acids is 1. The van der Waals surface area contributed by atoms with Crippen LogP contribution in [0.25, 0.3) is 0 Å². The largest absolute Gasteiger partial charge is 0.480 e. The highest BCUT2D eigenvalue weighted by atomic mass is 19.3. The molecule has 8 nitrogen and oxygen atoms in total. The van der Waals surface area contributed by atoms with Gasteiger partial charge >= 0.3 is 12.0 Å². The molecule has 0 radical (unpaired) electrons. The number of aliphatic carboxylic acids is 1. The fourth-order valence-corrected chi connectivity index (χ4v) is 3.27. The predicted octanol–water partition coefficient (Wildman–Crippen LogP) is 3.33. The van der Waals surface area contributed by atoms with E-state index < -0.39 is 24.0 Å². The van der Waals surface area contributed by atoms with Gasteiger partial charge in [0.15, 0.2) is 5.82 Å². The molecule has 2 aliphatic rings. The number of piperidine rings is 2. The first kappa shape index (κ1) is 22.9. The quantitative estimate of drug-likeness (QED) is 0.726. The Labute approximate surface area is 169 Å². The van der Waals surface area contributed by atoms with E-state index in [9.17, 15) is 18.4 Å². The van der Waals surface area contributed by atoms with Gasteiger partial charge in [0.25, 0.3) is 5.92 Å². The van der Waals surface area contributed by atoms with Gasteiger partial charge in [-0.1, -0.05) is 25.9 Å². The van der Waals surface area contributed by atoms with E-state index in [0.29, 0.717) is 18.8 Å². The van der Waals surface area contributed by atoms with E-state index in [-0.39, 0.29) is 31.3 Å². The summed E-state index contributed by atoms with van der Waals surface area (Å²) in [6.07, 6.45) is 1.29. The summed E-state index contributed by atoms with van der Waals surface area (Å²) in [5, 5.41) is 12.7. The number of likely N-dealkylation sites (tertiary alicyclic amines) is 2. The number of rotatable bonds is 1. The molecule has 0 saturated carbocycles. The average molecular weight is 416 g/mol. The van der Waals surface area contributed by atoms with Gasteiger partial charge in [0.2, 0.25) is 0 Å². The lowest BCUT2D eigenvalue weighted by atomic mass is 9.93. The fraction of sp³-hybridized carbons (Fsp3) is 0.737. The zero-order valence-corrected chi connectivity index (χ0v) is 17.2. The minimum Gasteiger partial charge on any atom is -0.480 e. The lowest BCUT2D eigenvalue weighted by Gasteiger charge is -2.39. The zero-order chi connectivity index (χ0) is 21.8. The summed E-state index contributed by atoms with van der Waals surface area (Å²) in [7, 11) is 0. The van der Waals surface area contributed by atoms with Gasteiger partial charge in [-0.3, -0.25) is 0 Å². The van der Waals surface area contributed by atoms with Crippen molar-refractivity contribution in [2.75, 3.05) is 25.4 Å². The molecule has 10 heteroatoms. The maximum Gasteiger partial charge on any atom is 0.326 e. The number of anilines is 1. The number of nitrogens with zero attached hydrogens (tertiary/aromatic N) is 3. The van der Waals surface area contributed by atoms with Crippen LogP contribution < -0.4 is 5.73 Å². The number of amides is 2. The van der Waals surface area contributed by atoms with Gasteiger partial charge in [0.1, 0.15) is 11.8 Å². The maximum atomic E-state index is 13.0. The number of nitrogens with two attached hydrogens (primary N) is 1. The van der Waals surface area contributed by atoms with Gasteiger partial charge in [0, 0.05) is 44.0 Å². The molecule has 3 N–H and O–H groups in total. The van der Waals surface area contributed by atoms with Crippen molar-refractivity contribution in [2.45, 2.75) is 70.3 Å². The summed E-state index contributed by atoms with van der Waals surface area (Å²) in [6.45, 7) is 6.53. The number of carboxylic acid groups (broad SMARTS) is 1. The highest BCUT2D eigenvalue weighted by Gasteiger charge is 2.39. The SMILES string of the molecule is CC(C)(C)c1cc(N)no1.O=C(O)[C@@H]1CCCCN1C(=O)N1CCC(F)(F)CC1. The monoisotopic (exact) mass is 416 g/mol. The maximum absolute atomic E-state index is 13.0. The van der Waals surface area contributed by atoms with E-state index in [1.54, 1.807) is 6.07 Å². The second-order valence-electron chi connectivity index (χ2n) is 8.53. The first-order valence-electron chi connectivity index (χ1n) is 9.79. The van der Waals surface area contributed by atoms with Crippen molar-refractivity contribution >= 4 is 17.8 Å². The van der Waals surface area contributed by atoms with E-state index >= 15 is 0 Å². The topological polar surface area (TPSA) is 113 Å². The first-order chi connectivity index (χ1) is 13.4. The number of urea groups is 1. The Morgan fingerprint density at radius 1 is 1.24 bits per heavy atom. The summed E-state index contributed by atoms with van der Waals surface area (Å²) in [5.41, 5.74) is 5.38. The summed E-state index contributed by atoms with van der Waals surface area (Å²) in [5.74, 6) is -2.45. The predicted molar refractivity (Wildman–Crippen MR) is 103 cm³/mol. The van der Waals surface area contributed by atoms with Crippen LogP contribution in [0.15, 0.2) is 10.6 Å². The minimum absolute atomic E-state index is 0.00458. The number of alkyl halides is 2. The van der Waals surface area contributed by atoms with Gasteiger partial charge in [0.05, 0.1) is 0 Å². The van der Waals surface area contributed by atoms with E-state index in [4.69, 9.17) is 15.4 Å². The molecule has 0 aromatic carbocycles. The third-order valence-corrected chi connectivity index (χ3v) is 5.07. The number of carbonyl (C=O) groups is 2. The number of aromatic nitrogens is 1. The molecule has 0 aliphatic carbocycles. The standard InChI is InChI=1S/C12H18F2N2O3.C7H12N2O/c13-12(14)4-7-15(8-5-12)11(19)16-6-2-1-3-9(16)10(17)18;1-7(2,3)5-4-6(8)9-10-5/h9H,1-8H2,(H,17,18);4H,1-3H3,(H2,8,9)/t9-;/m0./s1. The van der Waals surface area contributed by atoms with Crippen molar-refractivity contribution in [3.05, 3.63) is 11.8 Å². The summed E-state index contributed by atoms with van der Waals surface area (Å²) in [4.78, 5) is 26.0. The van der Waals surface area contributed by atoms with E-state index in [2.05, 4.69) is 5.16 Å². The van der Waals surface area contributed by atoms with Crippen molar-refractivity contribution < 1.29 is 28.0 Å².